The average Bonchev–Trinajstić information content (AvgIpc) is 2.75. The number of hydrogen-bond acceptors (Lipinski definition) is 0. The zero-order chi connectivity index (χ0) is 17.0. The first kappa shape index (κ1) is 20.7. The van der Waals surface area contributed by atoms with Crippen molar-refractivity contribution in [1.82, 2.24) is 0 Å². The SMILES string of the molecule is C1=CCCCC1.C1=CCCCC1.C1CCCCC1.c1ccccc1. The third kappa shape index (κ3) is 15.6. The molecule has 0 atom stereocenters. The topological polar surface area (TPSA) is 0 Å². The fourth-order valence-electron chi connectivity index (χ4n) is 2.97. The lowest BCUT2D eigenvalue weighted by Crippen LogP contribution is -1.85. The summed E-state index contributed by atoms with van der Waals surface area (Å²) in [5.74, 6) is 0. The van der Waals surface area contributed by atoms with E-state index in [-0.39, 0.29) is 0 Å². The van der Waals surface area contributed by atoms with E-state index in [4.69, 9.17) is 0 Å². The van der Waals surface area contributed by atoms with Crippen molar-refractivity contribution in [3.05, 3.63) is 60.7 Å². The Morgan fingerprint density at radius 1 is 0.250 bits per heavy atom. The van der Waals surface area contributed by atoms with Crippen LogP contribution in [-0.4, -0.2) is 0 Å². The second-order valence-corrected chi connectivity index (χ2v) is 6.79. The Bertz CT molecular complexity index is 312. The Kier molecular flexibility index (Phi) is 15.6. The van der Waals surface area contributed by atoms with Crippen LogP contribution in [0.4, 0.5) is 0 Å². The number of allylic oxidation sites excluding steroid dienone is 4. The van der Waals surface area contributed by atoms with Crippen LogP contribution in [0, 0.1) is 0 Å². The highest BCUT2D eigenvalue weighted by molar-refractivity contribution is 4.99. The van der Waals surface area contributed by atoms with Crippen LogP contribution in [0.1, 0.15) is 89.9 Å². The Hall–Kier alpha value is -1.30. The predicted molar refractivity (Wildman–Crippen MR) is 109 cm³/mol. The molecule has 0 unspecified atom stereocenters. The monoisotopic (exact) mass is 326 g/mol. The molecule has 134 valence electrons. The molecular formula is C24H38. The van der Waals surface area contributed by atoms with Crippen molar-refractivity contribution in [3.8, 4) is 0 Å². The van der Waals surface area contributed by atoms with Gasteiger partial charge in [0.2, 0.25) is 0 Å². The minimum Gasteiger partial charge on any atom is -0.0885 e. The van der Waals surface area contributed by atoms with Crippen molar-refractivity contribution in [2.75, 3.05) is 0 Å². The largest absolute Gasteiger partial charge is 0.0885 e. The first-order chi connectivity index (χ1) is 12.0. The van der Waals surface area contributed by atoms with Gasteiger partial charge in [0.25, 0.3) is 0 Å². The molecule has 4 rings (SSSR count). The van der Waals surface area contributed by atoms with Gasteiger partial charge in [-0.15, -0.1) is 0 Å². The van der Waals surface area contributed by atoms with E-state index in [1.165, 1.54) is 89.9 Å². The maximum atomic E-state index is 2.27. The van der Waals surface area contributed by atoms with Crippen molar-refractivity contribution in [2.24, 2.45) is 0 Å². The van der Waals surface area contributed by atoms with Crippen LogP contribution < -0.4 is 0 Å². The Morgan fingerprint density at radius 3 is 0.583 bits per heavy atom. The van der Waals surface area contributed by atoms with Crippen LogP contribution >= 0.6 is 0 Å². The molecule has 1 saturated carbocycles. The summed E-state index contributed by atoms with van der Waals surface area (Å²) in [6, 6.07) is 12.0. The maximum absolute atomic E-state index is 2.27. The predicted octanol–water partition coefficient (Wildman–Crippen LogP) is 8.26. The molecule has 3 aliphatic carbocycles. The molecule has 0 heteroatoms. The number of hydrogen-bond donors (Lipinski definition) is 0. The molecule has 0 amide bonds. The smallest absolute Gasteiger partial charge is 0.0351 e. The fourth-order valence-corrected chi connectivity index (χ4v) is 2.97. The van der Waals surface area contributed by atoms with E-state index in [1.807, 2.05) is 36.4 Å². The summed E-state index contributed by atoms with van der Waals surface area (Å²) in [5.41, 5.74) is 0. The molecule has 1 fully saturated rings. The van der Waals surface area contributed by atoms with Gasteiger partial charge >= 0.3 is 0 Å². The molecule has 0 saturated heterocycles. The Morgan fingerprint density at radius 2 is 0.458 bits per heavy atom. The van der Waals surface area contributed by atoms with E-state index in [0.717, 1.165) is 0 Å². The van der Waals surface area contributed by atoms with E-state index in [2.05, 4.69) is 24.3 Å². The van der Waals surface area contributed by atoms with E-state index >= 15 is 0 Å². The highest BCUT2D eigenvalue weighted by Crippen LogP contribution is 2.15. The normalized spacial score (nSPS) is 18.7. The third-order valence-corrected chi connectivity index (χ3v) is 4.48. The van der Waals surface area contributed by atoms with Crippen LogP contribution in [0.25, 0.3) is 0 Å². The van der Waals surface area contributed by atoms with Gasteiger partial charge in [-0.3, -0.25) is 0 Å². The minimum absolute atomic E-state index is 1.32. The number of rotatable bonds is 0. The highest BCUT2D eigenvalue weighted by Gasteiger charge is 1.95. The quantitative estimate of drug-likeness (QED) is 0.421. The van der Waals surface area contributed by atoms with E-state index in [0.29, 0.717) is 0 Å². The highest BCUT2D eigenvalue weighted by atomic mass is 14.0. The summed E-state index contributed by atoms with van der Waals surface area (Å²) in [4.78, 5) is 0. The van der Waals surface area contributed by atoms with Crippen LogP contribution in [0.3, 0.4) is 0 Å². The molecule has 24 heavy (non-hydrogen) atoms. The van der Waals surface area contributed by atoms with Crippen LogP contribution in [-0.2, 0) is 0 Å². The lowest BCUT2D eigenvalue weighted by molar-refractivity contribution is 0.504. The molecule has 3 aliphatic rings. The zero-order valence-electron chi connectivity index (χ0n) is 15.7. The maximum Gasteiger partial charge on any atom is -0.0351 e. The fraction of sp³-hybridized carbons (Fsp3) is 0.583. The molecule has 1 aromatic carbocycles. The van der Waals surface area contributed by atoms with Gasteiger partial charge in [-0.1, -0.05) is 99.2 Å². The van der Waals surface area contributed by atoms with Gasteiger partial charge in [0.1, 0.15) is 0 Å². The molecule has 0 nitrogen and oxygen atoms in total. The van der Waals surface area contributed by atoms with E-state index < -0.39 is 0 Å². The summed E-state index contributed by atoms with van der Waals surface area (Å²) in [7, 11) is 0. The lowest BCUT2D eigenvalue weighted by atomic mass is 10.0. The van der Waals surface area contributed by atoms with Crippen LogP contribution in [0.2, 0.25) is 0 Å². The summed E-state index contributed by atoms with van der Waals surface area (Å²) >= 11 is 0. The summed E-state index contributed by atoms with van der Waals surface area (Å²) in [6.45, 7) is 0. The molecular weight excluding hydrogens is 288 g/mol. The average molecular weight is 327 g/mol. The van der Waals surface area contributed by atoms with Crippen molar-refractivity contribution < 1.29 is 0 Å². The second-order valence-electron chi connectivity index (χ2n) is 6.79. The van der Waals surface area contributed by atoms with Crippen LogP contribution in [0.5, 0.6) is 0 Å². The molecule has 0 bridgehead atoms. The minimum atomic E-state index is 1.32. The first-order valence-corrected chi connectivity index (χ1v) is 10.3. The van der Waals surface area contributed by atoms with Gasteiger partial charge in [-0.2, -0.15) is 0 Å². The summed E-state index contributed by atoms with van der Waals surface area (Å²) in [6.07, 6.45) is 29.0. The Labute approximate surface area is 151 Å². The summed E-state index contributed by atoms with van der Waals surface area (Å²) in [5, 5.41) is 0. The Balaban J connectivity index is 0.000000160. The van der Waals surface area contributed by atoms with E-state index in [9.17, 15) is 0 Å². The van der Waals surface area contributed by atoms with Crippen molar-refractivity contribution in [1.29, 1.82) is 0 Å². The molecule has 0 N–H and O–H groups in total. The lowest BCUT2D eigenvalue weighted by Gasteiger charge is -2.05. The van der Waals surface area contributed by atoms with Crippen molar-refractivity contribution >= 4 is 0 Å². The van der Waals surface area contributed by atoms with Gasteiger partial charge in [0.05, 0.1) is 0 Å². The van der Waals surface area contributed by atoms with Gasteiger partial charge in [-0.05, 0) is 51.4 Å². The van der Waals surface area contributed by atoms with Gasteiger partial charge in [-0.25, -0.2) is 0 Å². The third-order valence-electron chi connectivity index (χ3n) is 4.48. The molecule has 1 aromatic rings. The molecule has 0 aliphatic heterocycles. The molecule has 0 radical (unpaired) electrons. The van der Waals surface area contributed by atoms with Gasteiger partial charge in [0.15, 0.2) is 0 Å². The van der Waals surface area contributed by atoms with E-state index in [1.54, 1.807) is 0 Å². The van der Waals surface area contributed by atoms with Gasteiger partial charge < -0.3 is 0 Å². The standard InChI is InChI=1S/C6H12.2C6H10.C6H6/c4*1-2-4-6-5-3-1/h1-6H2;2*1-2H,3-6H2;1-6H. The summed E-state index contributed by atoms with van der Waals surface area (Å²) < 4.78 is 0. The second kappa shape index (κ2) is 18.0. The van der Waals surface area contributed by atoms with Crippen molar-refractivity contribution in [2.45, 2.75) is 89.9 Å². The van der Waals surface area contributed by atoms with Crippen LogP contribution in [0.15, 0.2) is 60.7 Å². The van der Waals surface area contributed by atoms with Gasteiger partial charge in [0, 0.05) is 0 Å². The first-order valence-electron chi connectivity index (χ1n) is 10.3. The molecule has 0 spiro atoms. The zero-order valence-corrected chi connectivity index (χ0v) is 15.7. The molecule has 0 aromatic heterocycles. The molecule has 0 heterocycles. The number of benzene rings is 1. The van der Waals surface area contributed by atoms with Crippen molar-refractivity contribution in [3.63, 3.8) is 0 Å².